The van der Waals surface area contributed by atoms with Crippen molar-refractivity contribution < 1.29 is 4.79 Å². The Bertz CT molecular complexity index is 839. The molecule has 1 heterocycles. The van der Waals surface area contributed by atoms with Crippen molar-refractivity contribution in [3.63, 3.8) is 0 Å². The summed E-state index contributed by atoms with van der Waals surface area (Å²) >= 11 is 0. The Hall–Kier alpha value is -2.42. The summed E-state index contributed by atoms with van der Waals surface area (Å²) in [6.07, 6.45) is 0. The topological polar surface area (TPSA) is 33.2 Å². The van der Waals surface area contributed by atoms with Gasteiger partial charge in [-0.25, -0.2) is 0 Å². The fraction of sp³-hybridized carbons (Fsp3) is 0.222. The van der Waals surface area contributed by atoms with Crippen LogP contribution in [0.2, 0.25) is 0 Å². The Kier molecular flexibility index (Phi) is 3.34. The second kappa shape index (κ2) is 5.17. The van der Waals surface area contributed by atoms with Crippen molar-refractivity contribution >= 4 is 27.6 Å². The molecule has 0 aliphatic rings. The summed E-state index contributed by atoms with van der Waals surface area (Å²) in [6.45, 7) is 4.19. The van der Waals surface area contributed by atoms with Crippen LogP contribution in [0.15, 0.2) is 42.5 Å². The molecule has 2 aromatic carbocycles. The summed E-state index contributed by atoms with van der Waals surface area (Å²) in [5.41, 5.74) is 3.15. The predicted molar refractivity (Wildman–Crippen MR) is 86.1 cm³/mol. The lowest BCUT2D eigenvalue weighted by molar-refractivity contribution is -0.128. The zero-order valence-electron chi connectivity index (χ0n) is 12.6. The average Bonchev–Trinajstić information content (AvgIpc) is 2.48. The molecule has 3 nitrogen and oxygen atoms in total. The smallest absolute Gasteiger partial charge is 0.219 e. The minimum atomic E-state index is 0.0462. The van der Waals surface area contributed by atoms with E-state index in [9.17, 15) is 4.79 Å². The molecule has 0 radical (unpaired) electrons. The maximum atomic E-state index is 11.5. The lowest BCUT2D eigenvalue weighted by Crippen LogP contribution is -2.23. The van der Waals surface area contributed by atoms with Gasteiger partial charge < -0.3 is 4.90 Å². The van der Waals surface area contributed by atoms with Crippen molar-refractivity contribution in [2.75, 3.05) is 7.05 Å². The van der Waals surface area contributed by atoms with Crippen LogP contribution in [0.5, 0.6) is 0 Å². The van der Waals surface area contributed by atoms with E-state index < -0.39 is 0 Å². The summed E-state index contributed by atoms with van der Waals surface area (Å²) in [6, 6.07) is 14.6. The molecule has 1 aromatic heterocycles. The number of amides is 1. The van der Waals surface area contributed by atoms with Gasteiger partial charge in [-0.15, -0.1) is 0 Å². The molecule has 3 aromatic rings. The van der Waals surface area contributed by atoms with Gasteiger partial charge in [-0.3, -0.25) is 9.78 Å². The lowest BCUT2D eigenvalue weighted by Gasteiger charge is -2.17. The summed E-state index contributed by atoms with van der Waals surface area (Å²) in [4.78, 5) is 18.0. The van der Waals surface area contributed by atoms with E-state index in [1.165, 1.54) is 16.3 Å². The number of fused-ring (bicyclic) bond motifs is 3. The lowest BCUT2D eigenvalue weighted by atomic mass is 10.0. The van der Waals surface area contributed by atoms with E-state index in [-0.39, 0.29) is 5.91 Å². The molecular weight excluding hydrogens is 260 g/mol. The van der Waals surface area contributed by atoms with Crippen molar-refractivity contribution in [1.82, 2.24) is 9.88 Å². The number of aryl methyl sites for hydroxylation is 1. The number of benzene rings is 2. The molecule has 1 amide bonds. The minimum absolute atomic E-state index is 0.0462. The molecule has 0 N–H and O–H groups in total. The SMILES string of the molecule is CC(=O)N(C)Cc1nc2ccc(C)cc2c2ccccc12. The van der Waals surface area contributed by atoms with Crippen LogP contribution < -0.4 is 0 Å². The fourth-order valence-electron chi connectivity index (χ4n) is 2.59. The van der Waals surface area contributed by atoms with Crippen LogP contribution in [0.4, 0.5) is 0 Å². The molecule has 3 heteroatoms. The zero-order chi connectivity index (χ0) is 15.0. The van der Waals surface area contributed by atoms with E-state index in [2.05, 4.69) is 31.2 Å². The standard InChI is InChI=1S/C18H18N2O/c1-12-8-9-17-16(10-12)14-6-4-5-7-15(14)18(19-17)11-20(3)13(2)21/h4-10H,11H2,1-3H3. The monoisotopic (exact) mass is 278 g/mol. The molecule has 21 heavy (non-hydrogen) atoms. The molecule has 0 saturated heterocycles. The minimum Gasteiger partial charge on any atom is -0.340 e. The van der Waals surface area contributed by atoms with Crippen molar-refractivity contribution in [3.8, 4) is 0 Å². The van der Waals surface area contributed by atoms with E-state index in [0.29, 0.717) is 6.54 Å². The van der Waals surface area contributed by atoms with E-state index in [1.54, 1.807) is 18.9 Å². The highest BCUT2D eigenvalue weighted by molar-refractivity contribution is 6.06. The number of carbonyl (C=O) groups is 1. The maximum Gasteiger partial charge on any atom is 0.219 e. The molecule has 0 unspecified atom stereocenters. The van der Waals surface area contributed by atoms with Gasteiger partial charge in [-0.2, -0.15) is 0 Å². The first-order valence-corrected chi connectivity index (χ1v) is 7.06. The molecular formula is C18H18N2O. The van der Waals surface area contributed by atoms with E-state index >= 15 is 0 Å². The Balaban J connectivity index is 2.28. The first kappa shape index (κ1) is 13.6. The van der Waals surface area contributed by atoms with Gasteiger partial charge in [0.1, 0.15) is 0 Å². The molecule has 0 atom stereocenters. The van der Waals surface area contributed by atoms with Crippen LogP contribution in [0.1, 0.15) is 18.2 Å². The largest absolute Gasteiger partial charge is 0.340 e. The molecule has 106 valence electrons. The molecule has 0 bridgehead atoms. The Morgan fingerprint density at radius 3 is 2.52 bits per heavy atom. The average molecular weight is 278 g/mol. The van der Waals surface area contributed by atoms with Gasteiger partial charge in [0.2, 0.25) is 5.91 Å². The second-order valence-corrected chi connectivity index (χ2v) is 5.50. The third-order valence-corrected chi connectivity index (χ3v) is 3.86. The van der Waals surface area contributed by atoms with Crippen molar-refractivity contribution in [3.05, 3.63) is 53.7 Å². The van der Waals surface area contributed by atoms with E-state index in [0.717, 1.165) is 16.6 Å². The number of aromatic nitrogens is 1. The highest BCUT2D eigenvalue weighted by atomic mass is 16.2. The van der Waals surface area contributed by atoms with Crippen LogP contribution in [0.25, 0.3) is 21.7 Å². The maximum absolute atomic E-state index is 11.5. The normalized spacial score (nSPS) is 11.0. The van der Waals surface area contributed by atoms with Crippen LogP contribution in [0.3, 0.4) is 0 Å². The van der Waals surface area contributed by atoms with Gasteiger partial charge in [0.25, 0.3) is 0 Å². The number of rotatable bonds is 2. The number of pyridine rings is 1. The molecule has 0 aliphatic carbocycles. The summed E-state index contributed by atoms with van der Waals surface area (Å²) in [5.74, 6) is 0.0462. The van der Waals surface area contributed by atoms with Gasteiger partial charge in [-0.05, 0) is 24.4 Å². The van der Waals surface area contributed by atoms with Crippen molar-refractivity contribution in [2.45, 2.75) is 20.4 Å². The number of nitrogens with zero attached hydrogens (tertiary/aromatic N) is 2. The molecule has 0 spiro atoms. The Labute approximate surface area is 124 Å². The predicted octanol–water partition coefficient (Wildman–Crippen LogP) is 3.67. The first-order valence-electron chi connectivity index (χ1n) is 7.06. The summed E-state index contributed by atoms with van der Waals surface area (Å²) in [5, 5.41) is 3.47. The quantitative estimate of drug-likeness (QED) is 0.670. The molecule has 0 aliphatic heterocycles. The van der Waals surface area contributed by atoms with Gasteiger partial charge in [0.15, 0.2) is 0 Å². The highest BCUT2D eigenvalue weighted by Crippen LogP contribution is 2.27. The fourth-order valence-corrected chi connectivity index (χ4v) is 2.59. The van der Waals surface area contributed by atoms with Gasteiger partial charge in [-0.1, -0.05) is 35.9 Å². The van der Waals surface area contributed by atoms with Gasteiger partial charge in [0, 0.05) is 24.7 Å². The second-order valence-electron chi connectivity index (χ2n) is 5.50. The third-order valence-electron chi connectivity index (χ3n) is 3.86. The summed E-state index contributed by atoms with van der Waals surface area (Å²) in [7, 11) is 1.80. The van der Waals surface area contributed by atoms with Crippen LogP contribution in [-0.4, -0.2) is 22.8 Å². The highest BCUT2D eigenvalue weighted by Gasteiger charge is 2.11. The molecule has 0 saturated carbocycles. The Morgan fingerprint density at radius 2 is 1.81 bits per heavy atom. The van der Waals surface area contributed by atoms with Crippen molar-refractivity contribution in [1.29, 1.82) is 0 Å². The number of hydrogen-bond donors (Lipinski definition) is 0. The van der Waals surface area contributed by atoms with Gasteiger partial charge >= 0.3 is 0 Å². The van der Waals surface area contributed by atoms with E-state index in [1.807, 2.05) is 18.2 Å². The van der Waals surface area contributed by atoms with Crippen molar-refractivity contribution in [2.24, 2.45) is 0 Å². The summed E-state index contributed by atoms with van der Waals surface area (Å²) < 4.78 is 0. The van der Waals surface area contributed by atoms with Crippen LogP contribution in [0, 0.1) is 6.92 Å². The zero-order valence-corrected chi connectivity index (χ0v) is 12.6. The molecule has 0 fully saturated rings. The van der Waals surface area contributed by atoms with Crippen LogP contribution >= 0.6 is 0 Å². The molecule has 3 rings (SSSR count). The Morgan fingerprint density at radius 1 is 1.10 bits per heavy atom. The number of hydrogen-bond acceptors (Lipinski definition) is 2. The first-order chi connectivity index (χ1) is 10.1. The number of carbonyl (C=O) groups excluding carboxylic acids is 1. The van der Waals surface area contributed by atoms with Gasteiger partial charge in [0.05, 0.1) is 17.8 Å². The van der Waals surface area contributed by atoms with E-state index in [4.69, 9.17) is 4.98 Å². The third kappa shape index (κ3) is 2.47. The van der Waals surface area contributed by atoms with Crippen LogP contribution in [-0.2, 0) is 11.3 Å².